The van der Waals surface area contributed by atoms with Gasteiger partial charge in [0.25, 0.3) is 0 Å². The molecule has 2 aliphatic rings. The number of ether oxygens (including phenoxy) is 1. The molecule has 0 bridgehead atoms. The van der Waals surface area contributed by atoms with Gasteiger partial charge in [-0.25, -0.2) is 0 Å². The number of hydrogen-bond donors (Lipinski definition) is 1. The van der Waals surface area contributed by atoms with Crippen LogP contribution >= 0.6 is 0 Å². The fourth-order valence-electron chi connectivity index (χ4n) is 3.44. The molecule has 0 aliphatic carbocycles. The molecule has 1 aromatic carbocycles. The third-order valence-electron chi connectivity index (χ3n) is 4.84. The van der Waals surface area contributed by atoms with Crippen molar-refractivity contribution in [1.82, 2.24) is 10.2 Å². The van der Waals surface area contributed by atoms with Crippen LogP contribution in [0, 0.1) is 5.92 Å². The van der Waals surface area contributed by atoms with Gasteiger partial charge in [-0.3, -0.25) is 9.59 Å². The second kappa shape index (κ2) is 7.65. The lowest BCUT2D eigenvalue weighted by atomic mass is 9.99. The molecule has 1 N–H and O–H groups in total. The normalized spacial score (nSPS) is 21.9. The largest absolute Gasteiger partial charge is 0.416 e. The highest BCUT2D eigenvalue weighted by atomic mass is 19.4. The molecule has 1 aromatic rings. The Labute approximate surface area is 149 Å². The Hall–Kier alpha value is -2.09. The first-order valence-electron chi connectivity index (χ1n) is 8.65. The molecular formula is C18H21F3N2O3. The summed E-state index contributed by atoms with van der Waals surface area (Å²) in [5, 5.41) is 2.86. The lowest BCUT2D eigenvalue weighted by Gasteiger charge is -2.23. The van der Waals surface area contributed by atoms with Crippen molar-refractivity contribution in [2.45, 2.75) is 38.0 Å². The van der Waals surface area contributed by atoms with E-state index in [4.69, 9.17) is 4.74 Å². The highest BCUT2D eigenvalue weighted by Gasteiger charge is 2.36. The van der Waals surface area contributed by atoms with Crippen molar-refractivity contribution < 1.29 is 27.5 Å². The molecule has 1 atom stereocenters. The van der Waals surface area contributed by atoms with Crippen LogP contribution in [0.25, 0.3) is 0 Å². The third-order valence-corrected chi connectivity index (χ3v) is 4.84. The van der Waals surface area contributed by atoms with Crippen LogP contribution in [-0.4, -0.2) is 42.5 Å². The van der Waals surface area contributed by atoms with Gasteiger partial charge < -0.3 is 15.0 Å². The quantitative estimate of drug-likeness (QED) is 0.885. The summed E-state index contributed by atoms with van der Waals surface area (Å²) in [5.74, 6) is -0.484. The van der Waals surface area contributed by atoms with Gasteiger partial charge >= 0.3 is 6.18 Å². The highest BCUT2D eigenvalue weighted by molar-refractivity contribution is 5.83. The molecule has 0 spiro atoms. The summed E-state index contributed by atoms with van der Waals surface area (Å²) < 4.78 is 44.5. The molecule has 0 aromatic heterocycles. The Bertz CT molecular complexity index is 672. The topological polar surface area (TPSA) is 58.6 Å². The second-order valence-corrected chi connectivity index (χ2v) is 6.73. The zero-order valence-corrected chi connectivity index (χ0v) is 14.2. The fraction of sp³-hybridized carbons (Fsp3) is 0.556. The predicted molar refractivity (Wildman–Crippen MR) is 87.0 cm³/mol. The first kappa shape index (κ1) is 18.7. The third kappa shape index (κ3) is 4.35. The number of rotatable bonds is 4. The van der Waals surface area contributed by atoms with Gasteiger partial charge in [-0.05, 0) is 24.5 Å². The maximum absolute atomic E-state index is 13.1. The van der Waals surface area contributed by atoms with E-state index in [0.29, 0.717) is 26.1 Å². The van der Waals surface area contributed by atoms with Gasteiger partial charge in [0.2, 0.25) is 11.8 Å². The summed E-state index contributed by atoms with van der Waals surface area (Å²) in [6.45, 7) is 1.20. The van der Waals surface area contributed by atoms with Gasteiger partial charge in [0.1, 0.15) is 0 Å². The minimum atomic E-state index is -4.46. The monoisotopic (exact) mass is 370 g/mol. The molecule has 0 saturated carbocycles. The number of nitrogens with one attached hydrogen (secondary N) is 1. The average Bonchev–Trinajstić information content (AvgIpc) is 2.94. The molecule has 0 radical (unpaired) electrons. The number of hydrogen-bond acceptors (Lipinski definition) is 3. The van der Waals surface area contributed by atoms with E-state index < -0.39 is 11.7 Å². The van der Waals surface area contributed by atoms with Crippen molar-refractivity contribution in [3.8, 4) is 0 Å². The SMILES string of the molecule is O=C(NC1CC(=O)N(Cc2ccccc2C(F)(F)F)C1)C1CCOCC1. The maximum Gasteiger partial charge on any atom is 0.416 e. The summed E-state index contributed by atoms with van der Waals surface area (Å²) >= 11 is 0. The molecule has 2 fully saturated rings. The number of benzene rings is 1. The van der Waals surface area contributed by atoms with Gasteiger partial charge in [0.15, 0.2) is 0 Å². The van der Waals surface area contributed by atoms with Crippen LogP contribution < -0.4 is 5.32 Å². The minimum absolute atomic E-state index is 0.0600. The van der Waals surface area contributed by atoms with Crippen LogP contribution in [0.5, 0.6) is 0 Å². The van der Waals surface area contributed by atoms with Crippen molar-refractivity contribution in [2.75, 3.05) is 19.8 Å². The zero-order valence-electron chi connectivity index (χ0n) is 14.2. The van der Waals surface area contributed by atoms with Gasteiger partial charge in [-0.2, -0.15) is 13.2 Å². The number of alkyl halides is 3. The number of likely N-dealkylation sites (tertiary alicyclic amines) is 1. The summed E-state index contributed by atoms with van der Waals surface area (Å²) in [4.78, 5) is 25.8. The Morgan fingerprint density at radius 3 is 2.62 bits per heavy atom. The van der Waals surface area contributed by atoms with E-state index >= 15 is 0 Å². The van der Waals surface area contributed by atoms with E-state index in [-0.39, 0.29) is 48.8 Å². The van der Waals surface area contributed by atoms with Crippen LogP contribution in [0.4, 0.5) is 13.2 Å². The Morgan fingerprint density at radius 2 is 1.92 bits per heavy atom. The van der Waals surface area contributed by atoms with Crippen LogP contribution in [0.2, 0.25) is 0 Å². The molecule has 26 heavy (non-hydrogen) atoms. The van der Waals surface area contributed by atoms with Crippen molar-refractivity contribution >= 4 is 11.8 Å². The standard InChI is InChI=1S/C18H21F3N2O3/c19-18(20,21)15-4-2-1-3-13(15)10-23-11-14(9-16(23)24)22-17(25)12-5-7-26-8-6-12/h1-4,12,14H,5-11H2,(H,22,25). The van der Waals surface area contributed by atoms with Gasteiger partial charge in [0, 0.05) is 38.6 Å². The van der Waals surface area contributed by atoms with Crippen LogP contribution in [0.1, 0.15) is 30.4 Å². The first-order valence-corrected chi connectivity index (χ1v) is 8.65. The van der Waals surface area contributed by atoms with Crippen LogP contribution in [0.3, 0.4) is 0 Å². The van der Waals surface area contributed by atoms with Crippen molar-refractivity contribution in [3.05, 3.63) is 35.4 Å². The Balaban J connectivity index is 1.61. The molecular weight excluding hydrogens is 349 g/mol. The number of halogens is 3. The number of nitrogens with zero attached hydrogens (tertiary/aromatic N) is 1. The highest BCUT2D eigenvalue weighted by Crippen LogP contribution is 2.33. The molecule has 1 unspecified atom stereocenters. The summed E-state index contributed by atoms with van der Waals surface area (Å²) in [7, 11) is 0. The second-order valence-electron chi connectivity index (χ2n) is 6.73. The molecule has 2 aliphatic heterocycles. The van der Waals surface area contributed by atoms with E-state index in [2.05, 4.69) is 5.32 Å². The molecule has 142 valence electrons. The van der Waals surface area contributed by atoms with E-state index in [9.17, 15) is 22.8 Å². The smallest absolute Gasteiger partial charge is 0.381 e. The molecule has 2 saturated heterocycles. The molecule has 3 rings (SSSR count). The van der Waals surface area contributed by atoms with E-state index in [1.807, 2.05) is 0 Å². The Kier molecular flexibility index (Phi) is 5.50. The average molecular weight is 370 g/mol. The predicted octanol–water partition coefficient (Wildman–Crippen LogP) is 2.35. The summed E-state index contributed by atoms with van der Waals surface area (Å²) in [5.41, 5.74) is -0.674. The number of carbonyl (C=O) groups is 2. The van der Waals surface area contributed by atoms with Crippen LogP contribution in [0.15, 0.2) is 24.3 Å². The van der Waals surface area contributed by atoms with Gasteiger partial charge in [-0.1, -0.05) is 18.2 Å². The van der Waals surface area contributed by atoms with E-state index in [1.54, 1.807) is 0 Å². The lowest BCUT2D eigenvalue weighted by molar-refractivity contribution is -0.139. The Morgan fingerprint density at radius 1 is 1.23 bits per heavy atom. The van der Waals surface area contributed by atoms with Crippen molar-refractivity contribution in [1.29, 1.82) is 0 Å². The summed E-state index contributed by atoms with van der Waals surface area (Å²) in [6.07, 6.45) is -3.05. The molecule has 2 amide bonds. The number of amides is 2. The number of carbonyl (C=O) groups excluding carboxylic acids is 2. The first-order chi connectivity index (χ1) is 12.3. The minimum Gasteiger partial charge on any atom is -0.381 e. The lowest BCUT2D eigenvalue weighted by Crippen LogP contribution is -2.42. The summed E-state index contributed by atoms with van der Waals surface area (Å²) in [6, 6.07) is 4.88. The molecule has 2 heterocycles. The van der Waals surface area contributed by atoms with Gasteiger partial charge in [-0.15, -0.1) is 0 Å². The zero-order chi connectivity index (χ0) is 18.7. The van der Waals surface area contributed by atoms with E-state index in [0.717, 1.165) is 6.07 Å². The van der Waals surface area contributed by atoms with Crippen molar-refractivity contribution in [2.24, 2.45) is 5.92 Å². The molecule has 5 nitrogen and oxygen atoms in total. The maximum atomic E-state index is 13.1. The van der Waals surface area contributed by atoms with E-state index in [1.165, 1.54) is 23.1 Å². The van der Waals surface area contributed by atoms with Gasteiger partial charge in [0.05, 0.1) is 11.6 Å². The fourth-order valence-corrected chi connectivity index (χ4v) is 3.44. The molecule has 8 heteroatoms. The van der Waals surface area contributed by atoms with Crippen molar-refractivity contribution in [3.63, 3.8) is 0 Å². The van der Waals surface area contributed by atoms with Crippen LogP contribution in [-0.2, 0) is 27.0 Å².